The predicted molar refractivity (Wildman–Crippen MR) is 144 cm³/mol. The van der Waals surface area contributed by atoms with E-state index in [2.05, 4.69) is 27.9 Å². The highest BCUT2D eigenvalue weighted by Crippen LogP contribution is 2.34. The normalized spacial score (nSPS) is 20.2. The van der Waals surface area contributed by atoms with Crippen LogP contribution >= 0.6 is 22.6 Å². The summed E-state index contributed by atoms with van der Waals surface area (Å²) in [5.41, 5.74) is 1.21. The summed E-state index contributed by atoms with van der Waals surface area (Å²) in [5.74, 6) is 1.32. The second kappa shape index (κ2) is 12.6. The fourth-order valence-corrected chi connectivity index (χ4v) is 4.96. The number of nitrogens with one attached hydrogen (secondary N) is 1. The number of halogens is 1. The van der Waals surface area contributed by atoms with Crippen LogP contribution < -0.4 is 19.5 Å². The zero-order chi connectivity index (χ0) is 26.4. The summed E-state index contributed by atoms with van der Waals surface area (Å²) < 4.78 is 17.9. The van der Waals surface area contributed by atoms with Crippen molar-refractivity contribution in [1.29, 1.82) is 0 Å². The first-order chi connectivity index (χ1) is 17.9. The average Bonchev–Trinajstić information content (AvgIpc) is 3.36. The summed E-state index contributed by atoms with van der Waals surface area (Å²) in [7, 11) is 0. The minimum Gasteiger partial charge on any atom is -0.482 e. The van der Waals surface area contributed by atoms with E-state index in [1.807, 2.05) is 37.3 Å². The minimum atomic E-state index is -1.08. The number of ether oxygens (including phenoxy) is 3. The SMILES string of the molecule is CCCC(=O)N(Cc1ccc2c(c1)OCO2)C1CC(C(=O)NCCO)=CC(Oc2ccccc2I)C1O. The highest BCUT2D eigenvalue weighted by molar-refractivity contribution is 14.1. The summed E-state index contributed by atoms with van der Waals surface area (Å²) in [6, 6.07) is 12.2. The van der Waals surface area contributed by atoms with E-state index < -0.39 is 18.2 Å². The molecule has 2 aliphatic rings. The fourth-order valence-electron chi connectivity index (χ4n) is 4.45. The number of benzene rings is 2. The number of amides is 2. The number of hydrogen-bond acceptors (Lipinski definition) is 7. The highest BCUT2D eigenvalue weighted by Gasteiger charge is 2.40. The number of carbonyl (C=O) groups is 2. The van der Waals surface area contributed by atoms with Crippen molar-refractivity contribution in [3.8, 4) is 17.2 Å². The standard InChI is InChI=1S/C27H31IN2O7/c1-2-5-25(32)30(15-17-8-9-22-23(12-17)36-16-35-22)20-13-18(27(34)29-10-11-31)14-24(26(20)33)37-21-7-4-3-6-19(21)28/h3-4,6-9,12,14,20,24,26,31,33H,2,5,10-11,13,15-16H2,1H3,(H,29,34). The Morgan fingerprint density at radius 3 is 2.73 bits per heavy atom. The maximum Gasteiger partial charge on any atom is 0.247 e. The number of fused-ring (bicyclic) bond motifs is 1. The summed E-state index contributed by atoms with van der Waals surface area (Å²) in [5, 5.41) is 23.3. The Morgan fingerprint density at radius 1 is 1.19 bits per heavy atom. The van der Waals surface area contributed by atoms with Gasteiger partial charge in [-0.2, -0.15) is 0 Å². The van der Waals surface area contributed by atoms with Gasteiger partial charge in [-0.3, -0.25) is 9.59 Å². The second-order valence-corrected chi connectivity index (χ2v) is 10.1. The quantitative estimate of drug-likeness (QED) is 0.349. The molecule has 10 heteroatoms. The van der Waals surface area contributed by atoms with E-state index in [4.69, 9.17) is 19.3 Å². The van der Waals surface area contributed by atoms with Crippen molar-refractivity contribution in [2.75, 3.05) is 19.9 Å². The van der Waals surface area contributed by atoms with Crippen LogP contribution in [0.25, 0.3) is 0 Å². The lowest BCUT2D eigenvalue weighted by Gasteiger charge is -2.40. The highest BCUT2D eigenvalue weighted by atomic mass is 127. The molecule has 1 heterocycles. The summed E-state index contributed by atoms with van der Waals surface area (Å²) in [6.07, 6.45) is 0.746. The zero-order valence-electron chi connectivity index (χ0n) is 20.6. The number of rotatable bonds is 10. The molecule has 0 aromatic heterocycles. The number of aliphatic hydroxyl groups excluding tert-OH is 2. The van der Waals surface area contributed by atoms with Crippen molar-refractivity contribution >= 4 is 34.4 Å². The molecule has 0 bridgehead atoms. The van der Waals surface area contributed by atoms with Crippen LogP contribution in [0.2, 0.25) is 0 Å². The fraction of sp³-hybridized carbons (Fsp3) is 0.407. The molecule has 3 N–H and O–H groups in total. The predicted octanol–water partition coefficient (Wildman–Crippen LogP) is 2.76. The molecule has 198 valence electrons. The number of nitrogens with zero attached hydrogens (tertiary/aromatic N) is 1. The van der Waals surface area contributed by atoms with Gasteiger partial charge in [-0.05, 0) is 64.9 Å². The molecule has 3 unspecified atom stereocenters. The molecule has 0 radical (unpaired) electrons. The van der Waals surface area contributed by atoms with Crippen molar-refractivity contribution in [2.45, 2.75) is 51.0 Å². The Hall–Kier alpha value is -2.83. The third-order valence-electron chi connectivity index (χ3n) is 6.29. The van der Waals surface area contributed by atoms with Gasteiger partial charge in [-0.1, -0.05) is 25.1 Å². The third-order valence-corrected chi connectivity index (χ3v) is 7.18. The molecule has 2 aromatic carbocycles. The lowest BCUT2D eigenvalue weighted by Crippen LogP contribution is -2.54. The Balaban J connectivity index is 1.66. The first kappa shape index (κ1) is 27.2. The van der Waals surface area contributed by atoms with Crippen molar-refractivity contribution in [1.82, 2.24) is 10.2 Å². The molecule has 0 fully saturated rings. The van der Waals surface area contributed by atoms with Crippen LogP contribution in [0.15, 0.2) is 54.1 Å². The van der Waals surface area contributed by atoms with Crippen molar-refractivity contribution in [3.05, 3.63) is 63.2 Å². The first-order valence-electron chi connectivity index (χ1n) is 12.3. The van der Waals surface area contributed by atoms with Crippen LogP contribution in [0.1, 0.15) is 31.7 Å². The van der Waals surface area contributed by atoms with E-state index in [0.29, 0.717) is 35.7 Å². The summed E-state index contributed by atoms with van der Waals surface area (Å²) in [4.78, 5) is 27.9. The Morgan fingerprint density at radius 2 is 1.97 bits per heavy atom. The Kier molecular flexibility index (Phi) is 9.28. The van der Waals surface area contributed by atoms with E-state index in [1.165, 1.54) is 0 Å². The van der Waals surface area contributed by atoms with Gasteiger partial charge in [0.05, 0.1) is 16.2 Å². The van der Waals surface area contributed by atoms with Gasteiger partial charge in [0.1, 0.15) is 18.0 Å². The Bertz CT molecular complexity index is 1160. The van der Waals surface area contributed by atoms with Crippen molar-refractivity contribution in [2.24, 2.45) is 0 Å². The van der Waals surface area contributed by atoms with Gasteiger partial charge in [-0.25, -0.2) is 0 Å². The number of hydrogen-bond donors (Lipinski definition) is 3. The van der Waals surface area contributed by atoms with E-state index >= 15 is 0 Å². The number of carbonyl (C=O) groups excluding carboxylic acids is 2. The van der Waals surface area contributed by atoms with Gasteiger partial charge in [0.25, 0.3) is 0 Å². The monoisotopic (exact) mass is 622 g/mol. The van der Waals surface area contributed by atoms with Crippen LogP contribution in [0.5, 0.6) is 17.2 Å². The average molecular weight is 622 g/mol. The smallest absolute Gasteiger partial charge is 0.247 e. The van der Waals surface area contributed by atoms with Crippen LogP contribution in [0, 0.1) is 3.57 Å². The molecule has 0 saturated carbocycles. The zero-order valence-corrected chi connectivity index (χ0v) is 22.7. The molecule has 37 heavy (non-hydrogen) atoms. The van der Waals surface area contributed by atoms with Gasteiger partial charge in [-0.15, -0.1) is 0 Å². The van der Waals surface area contributed by atoms with Crippen LogP contribution in [-0.4, -0.2) is 65.1 Å². The van der Waals surface area contributed by atoms with E-state index in [9.17, 15) is 14.7 Å². The molecule has 2 aromatic rings. The van der Waals surface area contributed by atoms with Crippen LogP contribution in [0.3, 0.4) is 0 Å². The summed E-state index contributed by atoms with van der Waals surface area (Å²) >= 11 is 2.15. The van der Waals surface area contributed by atoms with E-state index in [0.717, 1.165) is 9.13 Å². The van der Waals surface area contributed by atoms with Gasteiger partial charge in [0.15, 0.2) is 11.5 Å². The lowest BCUT2D eigenvalue weighted by atomic mass is 9.87. The lowest BCUT2D eigenvalue weighted by molar-refractivity contribution is -0.139. The minimum absolute atomic E-state index is 0.0984. The molecule has 4 rings (SSSR count). The van der Waals surface area contributed by atoms with Gasteiger partial charge in [0.2, 0.25) is 18.6 Å². The van der Waals surface area contributed by atoms with Crippen molar-refractivity contribution < 1.29 is 34.0 Å². The molecule has 0 saturated heterocycles. The number of aliphatic hydroxyl groups is 2. The maximum atomic E-state index is 13.4. The molecular weight excluding hydrogens is 591 g/mol. The van der Waals surface area contributed by atoms with Crippen LogP contribution in [0.4, 0.5) is 0 Å². The molecule has 0 spiro atoms. The maximum absolute atomic E-state index is 13.4. The molecule has 3 atom stereocenters. The van der Waals surface area contributed by atoms with Gasteiger partial charge in [0, 0.05) is 31.5 Å². The first-order valence-corrected chi connectivity index (χ1v) is 13.4. The van der Waals surface area contributed by atoms with Gasteiger partial charge >= 0.3 is 0 Å². The third kappa shape index (κ3) is 6.55. The number of para-hydroxylation sites is 1. The summed E-state index contributed by atoms with van der Waals surface area (Å²) in [6.45, 7) is 2.19. The largest absolute Gasteiger partial charge is 0.482 e. The topological polar surface area (TPSA) is 118 Å². The Labute approximate surface area is 229 Å². The van der Waals surface area contributed by atoms with E-state index in [-0.39, 0.29) is 44.7 Å². The van der Waals surface area contributed by atoms with Crippen molar-refractivity contribution in [3.63, 3.8) is 0 Å². The molecule has 1 aliphatic heterocycles. The molecule has 1 aliphatic carbocycles. The van der Waals surface area contributed by atoms with Crippen LogP contribution in [-0.2, 0) is 16.1 Å². The molecule has 9 nitrogen and oxygen atoms in total. The molecule has 2 amide bonds. The molecular formula is C27H31IN2O7. The van der Waals surface area contributed by atoms with Gasteiger partial charge < -0.3 is 34.6 Å². The second-order valence-electron chi connectivity index (χ2n) is 8.91. The van der Waals surface area contributed by atoms with E-state index in [1.54, 1.807) is 23.1 Å².